The molecule has 0 aliphatic carbocycles. The normalized spacial score (nSPS) is 11.3. The summed E-state index contributed by atoms with van der Waals surface area (Å²) < 4.78 is 33.9. The zero-order valence-corrected chi connectivity index (χ0v) is 12.7. The Morgan fingerprint density at radius 2 is 2.10 bits per heavy atom. The molecule has 2 aromatic rings. The van der Waals surface area contributed by atoms with Crippen LogP contribution in [-0.2, 0) is 21.3 Å². The SMILES string of the molecule is CNc1ccccc1S(=O)(=O)Nc1cnn(CCOC)c1. The Balaban J connectivity index is 2.19. The van der Waals surface area contributed by atoms with E-state index in [0.717, 1.165) is 0 Å². The highest BCUT2D eigenvalue weighted by molar-refractivity contribution is 7.92. The van der Waals surface area contributed by atoms with Crippen LogP contribution in [0, 0.1) is 0 Å². The van der Waals surface area contributed by atoms with Gasteiger partial charge in [0.05, 0.1) is 30.7 Å². The number of para-hydroxylation sites is 1. The zero-order chi connectivity index (χ0) is 15.3. The minimum absolute atomic E-state index is 0.192. The van der Waals surface area contributed by atoms with Crippen molar-refractivity contribution in [3.63, 3.8) is 0 Å². The first kappa shape index (κ1) is 15.3. The lowest BCUT2D eigenvalue weighted by Crippen LogP contribution is -2.14. The first-order chi connectivity index (χ1) is 10.1. The Hall–Kier alpha value is -2.06. The van der Waals surface area contributed by atoms with E-state index in [4.69, 9.17) is 4.74 Å². The molecule has 7 nitrogen and oxygen atoms in total. The Labute approximate surface area is 124 Å². The highest BCUT2D eigenvalue weighted by atomic mass is 32.2. The summed E-state index contributed by atoms with van der Waals surface area (Å²) in [4.78, 5) is 0.192. The van der Waals surface area contributed by atoms with Gasteiger partial charge in [-0.2, -0.15) is 5.10 Å². The van der Waals surface area contributed by atoms with Gasteiger partial charge < -0.3 is 10.1 Å². The van der Waals surface area contributed by atoms with E-state index in [1.165, 1.54) is 6.20 Å². The van der Waals surface area contributed by atoms with Gasteiger partial charge in [-0.25, -0.2) is 8.42 Å². The van der Waals surface area contributed by atoms with Crippen LogP contribution in [0.25, 0.3) is 0 Å². The molecule has 1 heterocycles. The Kier molecular flexibility index (Phi) is 4.81. The molecule has 0 bridgehead atoms. The van der Waals surface area contributed by atoms with Crippen LogP contribution >= 0.6 is 0 Å². The van der Waals surface area contributed by atoms with Gasteiger partial charge in [-0.3, -0.25) is 9.40 Å². The number of anilines is 2. The Bertz CT molecular complexity index is 697. The maximum Gasteiger partial charge on any atom is 0.264 e. The van der Waals surface area contributed by atoms with E-state index in [1.807, 2.05) is 0 Å². The van der Waals surface area contributed by atoms with Crippen molar-refractivity contribution in [1.29, 1.82) is 0 Å². The van der Waals surface area contributed by atoms with Gasteiger partial charge in [-0.05, 0) is 12.1 Å². The Morgan fingerprint density at radius 3 is 2.81 bits per heavy atom. The van der Waals surface area contributed by atoms with Crippen molar-refractivity contribution in [2.75, 3.05) is 30.8 Å². The highest BCUT2D eigenvalue weighted by Gasteiger charge is 2.18. The molecular weight excluding hydrogens is 292 g/mol. The van der Waals surface area contributed by atoms with E-state index < -0.39 is 10.0 Å². The molecule has 8 heteroatoms. The average Bonchev–Trinajstić information content (AvgIpc) is 2.91. The molecule has 0 atom stereocenters. The summed E-state index contributed by atoms with van der Waals surface area (Å²) in [5, 5.41) is 6.93. The number of benzene rings is 1. The molecule has 0 saturated carbocycles. The van der Waals surface area contributed by atoms with Gasteiger partial charge in [0.15, 0.2) is 0 Å². The maximum atomic E-state index is 12.4. The number of hydrogen-bond donors (Lipinski definition) is 2. The summed E-state index contributed by atoms with van der Waals surface area (Å²) in [6.07, 6.45) is 3.09. The largest absolute Gasteiger partial charge is 0.387 e. The van der Waals surface area contributed by atoms with Crippen LogP contribution in [0.5, 0.6) is 0 Å². The van der Waals surface area contributed by atoms with Gasteiger partial charge in [-0.15, -0.1) is 0 Å². The summed E-state index contributed by atoms with van der Waals surface area (Å²) in [6.45, 7) is 1.07. The van der Waals surface area contributed by atoms with Crippen molar-refractivity contribution in [3.05, 3.63) is 36.7 Å². The summed E-state index contributed by atoms with van der Waals surface area (Å²) >= 11 is 0. The van der Waals surface area contributed by atoms with Gasteiger partial charge in [0.2, 0.25) is 0 Å². The van der Waals surface area contributed by atoms with Gasteiger partial charge in [0.25, 0.3) is 10.0 Å². The van der Waals surface area contributed by atoms with Crippen molar-refractivity contribution < 1.29 is 13.2 Å². The molecular formula is C13H18N4O3S. The summed E-state index contributed by atoms with van der Waals surface area (Å²) in [7, 11) is -0.384. The second-order valence-electron chi connectivity index (χ2n) is 4.34. The molecule has 0 unspecified atom stereocenters. The van der Waals surface area contributed by atoms with E-state index in [2.05, 4.69) is 15.1 Å². The molecule has 0 spiro atoms. The van der Waals surface area contributed by atoms with Crippen LogP contribution in [-0.4, -0.2) is 39.0 Å². The zero-order valence-electron chi connectivity index (χ0n) is 11.9. The topological polar surface area (TPSA) is 85.3 Å². The standard InChI is InChI=1S/C13H18N4O3S/c1-14-12-5-3-4-6-13(12)21(18,19)16-11-9-15-17(10-11)7-8-20-2/h3-6,9-10,14,16H,7-8H2,1-2H3. The number of rotatable bonds is 7. The number of ether oxygens (including phenoxy) is 1. The van der Waals surface area contributed by atoms with Crippen LogP contribution < -0.4 is 10.0 Å². The van der Waals surface area contributed by atoms with Crippen LogP contribution in [0.2, 0.25) is 0 Å². The molecule has 0 amide bonds. The van der Waals surface area contributed by atoms with Crippen LogP contribution in [0.4, 0.5) is 11.4 Å². The van der Waals surface area contributed by atoms with Crippen LogP contribution in [0.1, 0.15) is 0 Å². The predicted octanol–water partition coefficient (Wildman–Crippen LogP) is 1.37. The fourth-order valence-corrected chi connectivity index (χ4v) is 3.08. The average molecular weight is 310 g/mol. The van der Waals surface area contributed by atoms with Gasteiger partial charge in [-0.1, -0.05) is 12.1 Å². The highest BCUT2D eigenvalue weighted by Crippen LogP contribution is 2.22. The number of sulfonamides is 1. The first-order valence-electron chi connectivity index (χ1n) is 6.38. The number of nitrogens with zero attached hydrogens (tertiary/aromatic N) is 2. The fraction of sp³-hybridized carbons (Fsp3) is 0.308. The molecule has 0 saturated heterocycles. The third-order valence-corrected chi connectivity index (χ3v) is 4.30. The van der Waals surface area contributed by atoms with Crippen molar-refractivity contribution in [2.45, 2.75) is 11.4 Å². The minimum atomic E-state index is -3.66. The maximum absolute atomic E-state index is 12.4. The van der Waals surface area contributed by atoms with Gasteiger partial charge >= 0.3 is 0 Å². The Morgan fingerprint density at radius 1 is 1.33 bits per heavy atom. The van der Waals surface area contributed by atoms with Gasteiger partial charge in [0, 0.05) is 20.4 Å². The van der Waals surface area contributed by atoms with E-state index in [-0.39, 0.29) is 4.90 Å². The molecule has 2 N–H and O–H groups in total. The van der Waals surface area contributed by atoms with E-state index in [9.17, 15) is 8.42 Å². The van der Waals surface area contributed by atoms with Crippen LogP contribution in [0.3, 0.4) is 0 Å². The summed E-state index contributed by atoms with van der Waals surface area (Å²) in [6, 6.07) is 6.70. The molecule has 1 aromatic heterocycles. The lowest BCUT2D eigenvalue weighted by Gasteiger charge is -2.10. The third-order valence-electron chi connectivity index (χ3n) is 2.86. The predicted molar refractivity (Wildman–Crippen MR) is 80.9 cm³/mol. The van der Waals surface area contributed by atoms with Crippen molar-refractivity contribution in [1.82, 2.24) is 9.78 Å². The molecule has 114 valence electrons. The lowest BCUT2D eigenvalue weighted by molar-refractivity contribution is 0.183. The lowest BCUT2D eigenvalue weighted by atomic mass is 10.3. The molecule has 0 fully saturated rings. The van der Waals surface area contributed by atoms with E-state index in [0.29, 0.717) is 24.5 Å². The molecule has 0 radical (unpaired) electrons. The third kappa shape index (κ3) is 3.73. The van der Waals surface area contributed by atoms with E-state index >= 15 is 0 Å². The van der Waals surface area contributed by atoms with Crippen molar-refractivity contribution >= 4 is 21.4 Å². The van der Waals surface area contributed by atoms with Crippen molar-refractivity contribution in [2.24, 2.45) is 0 Å². The van der Waals surface area contributed by atoms with Crippen molar-refractivity contribution in [3.8, 4) is 0 Å². The second-order valence-corrected chi connectivity index (χ2v) is 5.99. The molecule has 0 aliphatic rings. The summed E-state index contributed by atoms with van der Waals surface area (Å²) in [5.74, 6) is 0. The quantitative estimate of drug-likeness (QED) is 0.807. The first-order valence-corrected chi connectivity index (χ1v) is 7.86. The molecule has 0 aliphatic heterocycles. The second kappa shape index (κ2) is 6.59. The fourth-order valence-electron chi connectivity index (χ4n) is 1.84. The van der Waals surface area contributed by atoms with Gasteiger partial charge in [0.1, 0.15) is 4.90 Å². The summed E-state index contributed by atoms with van der Waals surface area (Å²) in [5.41, 5.74) is 0.953. The number of aromatic nitrogens is 2. The monoisotopic (exact) mass is 310 g/mol. The smallest absolute Gasteiger partial charge is 0.264 e. The number of nitrogens with one attached hydrogen (secondary N) is 2. The number of methoxy groups -OCH3 is 1. The minimum Gasteiger partial charge on any atom is -0.387 e. The molecule has 1 aromatic carbocycles. The number of hydrogen-bond acceptors (Lipinski definition) is 5. The van der Waals surface area contributed by atoms with Crippen LogP contribution in [0.15, 0.2) is 41.6 Å². The van der Waals surface area contributed by atoms with E-state index in [1.54, 1.807) is 49.3 Å². The molecule has 21 heavy (non-hydrogen) atoms. The molecule has 2 rings (SSSR count).